The lowest BCUT2D eigenvalue weighted by Gasteiger charge is -2.37. The minimum Gasteiger partial charge on any atom is -0.464 e. The number of fused-ring (bicyclic) bond motifs is 2. The molecule has 0 radical (unpaired) electrons. The van der Waals surface area contributed by atoms with Gasteiger partial charge in [-0.25, -0.2) is 18.4 Å². The van der Waals surface area contributed by atoms with Gasteiger partial charge in [-0.1, -0.05) is 0 Å². The summed E-state index contributed by atoms with van der Waals surface area (Å²) in [4.78, 5) is 25.4. The number of carbonyl (C=O) groups is 2. The van der Waals surface area contributed by atoms with Crippen molar-refractivity contribution in [1.82, 2.24) is 4.90 Å². The number of esters is 1. The third-order valence-corrected chi connectivity index (χ3v) is 3.78. The number of amides is 1. The van der Waals surface area contributed by atoms with Gasteiger partial charge in [-0.3, -0.25) is 4.90 Å². The van der Waals surface area contributed by atoms with Gasteiger partial charge in [0.15, 0.2) is 0 Å². The van der Waals surface area contributed by atoms with E-state index in [-0.39, 0.29) is 13.0 Å². The number of nitrogens with zero attached hydrogens (tertiary/aromatic N) is 1. The van der Waals surface area contributed by atoms with E-state index in [1.807, 2.05) is 0 Å². The van der Waals surface area contributed by atoms with Crippen LogP contribution in [0, 0.1) is 5.92 Å². The molecule has 1 aliphatic heterocycles. The molecule has 2 rings (SSSR count). The number of alkyl halides is 2. The maximum absolute atomic E-state index is 13.9. The molecular formula is C14H21F2NO4. The van der Waals surface area contributed by atoms with Gasteiger partial charge >= 0.3 is 12.1 Å². The summed E-state index contributed by atoms with van der Waals surface area (Å²) in [6, 6.07) is -1.93. The van der Waals surface area contributed by atoms with Crippen molar-refractivity contribution in [2.24, 2.45) is 5.92 Å². The van der Waals surface area contributed by atoms with Gasteiger partial charge in [0, 0.05) is 12.5 Å². The summed E-state index contributed by atoms with van der Waals surface area (Å²) in [7, 11) is 0. The monoisotopic (exact) mass is 305 g/mol. The van der Waals surface area contributed by atoms with E-state index in [4.69, 9.17) is 9.47 Å². The van der Waals surface area contributed by atoms with E-state index < -0.39 is 48.0 Å². The maximum atomic E-state index is 13.9. The molecule has 3 unspecified atom stereocenters. The summed E-state index contributed by atoms with van der Waals surface area (Å²) in [6.45, 7) is 6.75. The van der Waals surface area contributed by atoms with Crippen LogP contribution in [0.15, 0.2) is 0 Å². The number of hydrogen-bond acceptors (Lipinski definition) is 4. The summed E-state index contributed by atoms with van der Waals surface area (Å²) in [6.07, 6.45) is -1.05. The van der Waals surface area contributed by atoms with Gasteiger partial charge in [-0.05, 0) is 34.1 Å². The van der Waals surface area contributed by atoms with Crippen molar-refractivity contribution < 1.29 is 27.8 Å². The molecule has 2 aliphatic rings. The van der Waals surface area contributed by atoms with Crippen LogP contribution in [-0.2, 0) is 14.3 Å². The lowest BCUT2D eigenvalue weighted by molar-refractivity contribution is -0.161. The van der Waals surface area contributed by atoms with Crippen molar-refractivity contribution in [3.05, 3.63) is 0 Å². The van der Waals surface area contributed by atoms with E-state index in [0.29, 0.717) is 0 Å². The van der Waals surface area contributed by atoms with E-state index in [1.165, 1.54) is 0 Å². The number of carbonyl (C=O) groups excluding carboxylic acids is 2. The predicted octanol–water partition coefficient (Wildman–Crippen LogP) is 2.58. The number of rotatable bonds is 2. The van der Waals surface area contributed by atoms with Crippen LogP contribution >= 0.6 is 0 Å². The summed E-state index contributed by atoms with van der Waals surface area (Å²) in [5.74, 6) is -4.91. The number of ether oxygens (including phenoxy) is 2. The Bertz CT molecular complexity index is 447. The Morgan fingerprint density at radius 2 is 1.95 bits per heavy atom. The summed E-state index contributed by atoms with van der Waals surface area (Å²) >= 11 is 0. The molecule has 120 valence electrons. The fourth-order valence-electron chi connectivity index (χ4n) is 3.09. The Kier molecular flexibility index (Phi) is 3.88. The number of hydrogen-bond donors (Lipinski definition) is 0. The molecule has 3 atom stereocenters. The molecule has 21 heavy (non-hydrogen) atoms. The second-order valence-corrected chi connectivity index (χ2v) is 6.55. The Hall–Kier alpha value is -1.40. The lowest BCUT2D eigenvalue weighted by atomic mass is 9.95. The van der Waals surface area contributed by atoms with Crippen LogP contribution in [-0.4, -0.2) is 47.2 Å². The molecule has 1 saturated heterocycles. The van der Waals surface area contributed by atoms with Crippen LogP contribution in [0.3, 0.4) is 0 Å². The first kappa shape index (κ1) is 16.0. The van der Waals surface area contributed by atoms with Gasteiger partial charge in [0.05, 0.1) is 12.5 Å². The van der Waals surface area contributed by atoms with Crippen LogP contribution in [0.2, 0.25) is 0 Å². The van der Waals surface area contributed by atoms with Crippen LogP contribution < -0.4 is 0 Å². The molecule has 1 saturated carbocycles. The van der Waals surface area contributed by atoms with E-state index in [0.717, 1.165) is 4.90 Å². The van der Waals surface area contributed by atoms with Crippen molar-refractivity contribution >= 4 is 12.1 Å². The summed E-state index contributed by atoms with van der Waals surface area (Å²) in [5.41, 5.74) is -0.749. The first-order valence-electron chi connectivity index (χ1n) is 7.12. The van der Waals surface area contributed by atoms with Gasteiger partial charge in [0.25, 0.3) is 5.92 Å². The minimum atomic E-state index is -2.94. The zero-order valence-corrected chi connectivity index (χ0v) is 12.7. The Labute approximate surface area is 122 Å². The van der Waals surface area contributed by atoms with Gasteiger partial charge < -0.3 is 9.47 Å². The van der Waals surface area contributed by atoms with Crippen molar-refractivity contribution in [1.29, 1.82) is 0 Å². The van der Waals surface area contributed by atoms with Gasteiger partial charge in [0.2, 0.25) is 0 Å². The highest BCUT2D eigenvalue weighted by molar-refractivity contribution is 5.83. The number of likely N-dealkylation sites (tertiary alicyclic amines) is 1. The van der Waals surface area contributed by atoms with E-state index in [2.05, 4.69) is 0 Å². The fourth-order valence-corrected chi connectivity index (χ4v) is 3.09. The first-order valence-corrected chi connectivity index (χ1v) is 7.12. The highest BCUT2D eigenvalue weighted by Gasteiger charge is 2.65. The van der Waals surface area contributed by atoms with E-state index in [9.17, 15) is 18.4 Å². The Morgan fingerprint density at radius 3 is 2.48 bits per heavy atom. The predicted molar refractivity (Wildman–Crippen MR) is 70.0 cm³/mol. The fraction of sp³-hybridized carbons (Fsp3) is 0.857. The maximum Gasteiger partial charge on any atom is 0.411 e. The molecule has 2 bridgehead atoms. The quantitative estimate of drug-likeness (QED) is 0.736. The van der Waals surface area contributed by atoms with Crippen LogP contribution in [0.1, 0.15) is 40.5 Å². The van der Waals surface area contributed by atoms with E-state index in [1.54, 1.807) is 27.7 Å². The van der Waals surface area contributed by atoms with Gasteiger partial charge in [0.1, 0.15) is 11.6 Å². The topological polar surface area (TPSA) is 55.8 Å². The zero-order chi connectivity index (χ0) is 16.0. The normalized spacial score (nSPS) is 30.4. The summed E-state index contributed by atoms with van der Waals surface area (Å²) < 4.78 is 37.9. The zero-order valence-electron chi connectivity index (χ0n) is 12.7. The molecule has 5 nitrogen and oxygen atoms in total. The second-order valence-electron chi connectivity index (χ2n) is 6.55. The second kappa shape index (κ2) is 5.10. The molecule has 1 aliphatic carbocycles. The minimum absolute atomic E-state index is 0.0838. The summed E-state index contributed by atoms with van der Waals surface area (Å²) in [5, 5.41) is 0. The molecule has 1 heterocycles. The van der Waals surface area contributed by atoms with Crippen LogP contribution in [0.4, 0.5) is 13.6 Å². The lowest BCUT2D eigenvalue weighted by Crippen LogP contribution is -2.56. The number of halogens is 2. The van der Waals surface area contributed by atoms with Gasteiger partial charge in [-0.15, -0.1) is 0 Å². The van der Waals surface area contributed by atoms with Crippen molar-refractivity contribution in [2.75, 3.05) is 6.61 Å². The molecule has 0 N–H and O–H groups in total. The third-order valence-electron chi connectivity index (χ3n) is 3.78. The van der Waals surface area contributed by atoms with Gasteiger partial charge in [-0.2, -0.15) is 0 Å². The molecule has 0 aromatic carbocycles. The smallest absolute Gasteiger partial charge is 0.411 e. The molecule has 0 aromatic heterocycles. The molecule has 0 spiro atoms. The van der Waals surface area contributed by atoms with Crippen LogP contribution in [0.25, 0.3) is 0 Å². The first-order chi connectivity index (χ1) is 9.57. The van der Waals surface area contributed by atoms with Crippen molar-refractivity contribution in [3.8, 4) is 0 Å². The highest BCUT2D eigenvalue weighted by atomic mass is 19.3. The highest BCUT2D eigenvalue weighted by Crippen LogP contribution is 2.52. The van der Waals surface area contributed by atoms with Crippen LogP contribution in [0.5, 0.6) is 0 Å². The van der Waals surface area contributed by atoms with E-state index >= 15 is 0 Å². The average molecular weight is 305 g/mol. The number of piperidine rings is 1. The molecular weight excluding hydrogens is 284 g/mol. The SMILES string of the molecule is CCOC(=O)C1C2CC(CC2(F)F)N1C(=O)OC(C)(C)C. The largest absolute Gasteiger partial charge is 0.464 e. The van der Waals surface area contributed by atoms with Crippen molar-refractivity contribution in [3.63, 3.8) is 0 Å². The molecule has 2 fully saturated rings. The Balaban J connectivity index is 2.23. The third kappa shape index (κ3) is 2.96. The Morgan fingerprint density at radius 1 is 1.33 bits per heavy atom. The molecule has 0 aromatic rings. The van der Waals surface area contributed by atoms with Crippen molar-refractivity contribution in [2.45, 2.75) is 64.1 Å². The average Bonchev–Trinajstić information content (AvgIpc) is 2.79. The molecule has 1 amide bonds. The molecule has 7 heteroatoms. The standard InChI is InChI=1S/C14H21F2NO4/c1-5-20-11(18)10-9-6-8(7-14(9,15)16)17(10)12(19)21-13(2,3)4/h8-10H,5-7H2,1-4H3.